The number of aliphatic hydroxyl groups is 3. The fourth-order valence-electron chi connectivity index (χ4n) is 7.46. The van der Waals surface area contributed by atoms with Crippen LogP contribution in [0.4, 0.5) is 0 Å². The van der Waals surface area contributed by atoms with Crippen LogP contribution in [0.5, 0.6) is 0 Å². The van der Waals surface area contributed by atoms with Crippen LogP contribution in [0.1, 0.15) is 258 Å². The molecule has 0 aliphatic rings. The van der Waals surface area contributed by atoms with Crippen molar-refractivity contribution in [2.75, 3.05) is 6.61 Å². The molecule has 0 spiro atoms. The summed E-state index contributed by atoms with van der Waals surface area (Å²) in [5.74, 6) is -0.150. The van der Waals surface area contributed by atoms with Crippen molar-refractivity contribution < 1.29 is 20.1 Å². The van der Waals surface area contributed by atoms with Crippen LogP contribution in [0.15, 0.2) is 12.2 Å². The first-order valence-corrected chi connectivity index (χ1v) is 23.5. The summed E-state index contributed by atoms with van der Waals surface area (Å²) in [6.45, 7) is 4.18. The maximum Gasteiger partial charge on any atom is 0.220 e. The SMILES string of the molecule is CCCCCCCCCC/C=C/CCCC(O)C(O)C(CO)NC(=O)CCCCCCCCCCCCCCCCCCCCCCCCCCC. The van der Waals surface area contributed by atoms with Crippen molar-refractivity contribution in [1.82, 2.24) is 5.32 Å². The molecule has 5 heteroatoms. The van der Waals surface area contributed by atoms with E-state index in [0.717, 1.165) is 38.5 Å². The average Bonchev–Trinajstić information content (AvgIpc) is 3.15. The highest BCUT2D eigenvalue weighted by atomic mass is 16.3. The van der Waals surface area contributed by atoms with Crippen molar-refractivity contribution >= 4 is 5.91 Å². The smallest absolute Gasteiger partial charge is 0.220 e. The van der Waals surface area contributed by atoms with Crippen LogP contribution in [0.25, 0.3) is 0 Å². The minimum Gasteiger partial charge on any atom is -0.394 e. The topological polar surface area (TPSA) is 89.8 Å². The normalized spacial score (nSPS) is 13.6. The summed E-state index contributed by atoms with van der Waals surface area (Å²) >= 11 is 0. The van der Waals surface area contributed by atoms with Crippen LogP contribution >= 0.6 is 0 Å². The summed E-state index contributed by atoms with van der Waals surface area (Å²) in [4.78, 5) is 12.4. The molecule has 0 aromatic rings. The second kappa shape index (κ2) is 42.8. The Balaban J connectivity index is 3.54. The lowest BCUT2D eigenvalue weighted by molar-refractivity contribution is -0.124. The first-order valence-electron chi connectivity index (χ1n) is 23.5. The third kappa shape index (κ3) is 37.4. The minimum atomic E-state index is -1.15. The number of allylic oxidation sites excluding steroid dienone is 2. The highest BCUT2D eigenvalue weighted by molar-refractivity contribution is 5.76. The number of amides is 1. The number of rotatable bonds is 43. The molecule has 0 rings (SSSR count). The van der Waals surface area contributed by atoms with Crippen molar-refractivity contribution in [2.24, 2.45) is 0 Å². The van der Waals surface area contributed by atoms with Gasteiger partial charge in [0, 0.05) is 6.42 Å². The number of carbonyl (C=O) groups is 1. The van der Waals surface area contributed by atoms with Gasteiger partial charge in [0.2, 0.25) is 5.91 Å². The molecule has 1 amide bonds. The zero-order chi connectivity index (χ0) is 38.0. The van der Waals surface area contributed by atoms with Crippen molar-refractivity contribution in [1.29, 1.82) is 0 Å². The maximum atomic E-state index is 12.4. The van der Waals surface area contributed by atoms with Crippen LogP contribution in [-0.2, 0) is 4.79 Å². The molecule has 0 fully saturated rings. The van der Waals surface area contributed by atoms with Crippen LogP contribution in [0.2, 0.25) is 0 Å². The summed E-state index contributed by atoms with van der Waals surface area (Å²) in [5.41, 5.74) is 0. The third-order valence-electron chi connectivity index (χ3n) is 11.1. The Morgan fingerprint density at radius 2 is 0.769 bits per heavy atom. The van der Waals surface area contributed by atoms with Crippen molar-refractivity contribution in [2.45, 2.75) is 276 Å². The number of hydrogen-bond donors (Lipinski definition) is 4. The molecule has 3 atom stereocenters. The summed E-state index contributed by atoms with van der Waals surface area (Å²) < 4.78 is 0. The Morgan fingerprint density at radius 3 is 1.12 bits per heavy atom. The summed E-state index contributed by atoms with van der Waals surface area (Å²) in [6, 6.07) is -0.820. The summed E-state index contributed by atoms with van der Waals surface area (Å²) in [7, 11) is 0. The van der Waals surface area contributed by atoms with Crippen LogP contribution in [0, 0.1) is 0 Å². The van der Waals surface area contributed by atoms with Gasteiger partial charge in [-0.2, -0.15) is 0 Å². The van der Waals surface area contributed by atoms with E-state index in [1.54, 1.807) is 0 Å². The lowest BCUT2D eigenvalue weighted by Crippen LogP contribution is -2.50. The second-order valence-corrected chi connectivity index (χ2v) is 16.3. The monoisotopic (exact) mass is 736 g/mol. The number of nitrogens with one attached hydrogen (secondary N) is 1. The third-order valence-corrected chi connectivity index (χ3v) is 11.1. The van der Waals surface area contributed by atoms with Gasteiger partial charge >= 0.3 is 0 Å². The Labute approximate surface area is 325 Å². The second-order valence-electron chi connectivity index (χ2n) is 16.3. The lowest BCUT2D eigenvalue weighted by atomic mass is 10.0. The highest BCUT2D eigenvalue weighted by Crippen LogP contribution is 2.17. The van der Waals surface area contributed by atoms with E-state index in [9.17, 15) is 20.1 Å². The lowest BCUT2D eigenvalue weighted by Gasteiger charge is -2.26. The van der Waals surface area contributed by atoms with E-state index < -0.39 is 18.2 Å². The molecular weight excluding hydrogens is 643 g/mol. The van der Waals surface area contributed by atoms with Crippen LogP contribution in [-0.4, -0.2) is 46.1 Å². The van der Waals surface area contributed by atoms with Gasteiger partial charge in [0.1, 0.15) is 6.10 Å². The van der Waals surface area contributed by atoms with E-state index >= 15 is 0 Å². The van der Waals surface area contributed by atoms with E-state index in [1.165, 1.54) is 193 Å². The Hall–Kier alpha value is -0.910. The van der Waals surface area contributed by atoms with Crippen LogP contribution < -0.4 is 5.32 Å². The molecule has 0 radical (unpaired) electrons. The van der Waals surface area contributed by atoms with Crippen LogP contribution in [0.3, 0.4) is 0 Å². The van der Waals surface area contributed by atoms with Gasteiger partial charge in [-0.25, -0.2) is 0 Å². The Bertz CT molecular complexity index is 728. The van der Waals surface area contributed by atoms with Gasteiger partial charge in [-0.15, -0.1) is 0 Å². The molecular formula is C47H93NO4. The molecule has 0 aliphatic carbocycles. The Morgan fingerprint density at radius 1 is 0.462 bits per heavy atom. The molecule has 0 heterocycles. The van der Waals surface area contributed by atoms with Crippen molar-refractivity contribution in [3.63, 3.8) is 0 Å². The molecule has 5 nitrogen and oxygen atoms in total. The first kappa shape index (κ1) is 51.1. The van der Waals surface area contributed by atoms with E-state index in [0.29, 0.717) is 12.8 Å². The zero-order valence-corrected chi connectivity index (χ0v) is 35.2. The minimum absolute atomic E-state index is 0.150. The van der Waals surface area contributed by atoms with E-state index in [4.69, 9.17) is 0 Å². The van der Waals surface area contributed by atoms with Crippen molar-refractivity contribution in [3.8, 4) is 0 Å². The number of hydrogen-bond acceptors (Lipinski definition) is 4. The highest BCUT2D eigenvalue weighted by Gasteiger charge is 2.26. The molecule has 52 heavy (non-hydrogen) atoms. The molecule has 0 saturated carbocycles. The quantitative estimate of drug-likeness (QED) is 0.0371. The van der Waals surface area contributed by atoms with Gasteiger partial charge in [-0.1, -0.05) is 225 Å². The van der Waals surface area contributed by atoms with Gasteiger partial charge in [0.25, 0.3) is 0 Å². The van der Waals surface area contributed by atoms with E-state index in [1.807, 2.05) is 0 Å². The van der Waals surface area contributed by atoms with Gasteiger partial charge in [0.15, 0.2) is 0 Å². The average molecular weight is 736 g/mol. The summed E-state index contributed by atoms with van der Waals surface area (Å²) in [5, 5.41) is 33.5. The molecule has 310 valence electrons. The Kier molecular flexibility index (Phi) is 42.1. The number of unbranched alkanes of at least 4 members (excludes halogenated alkanes) is 33. The van der Waals surface area contributed by atoms with Gasteiger partial charge < -0.3 is 20.6 Å². The fourth-order valence-corrected chi connectivity index (χ4v) is 7.46. The molecule has 4 N–H and O–H groups in total. The molecule has 3 unspecified atom stereocenters. The fraction of sp³-hybridized carbons (Fsp3) is 0.936. The molecule has 0 aromatic carbocycles. The van der Waals surface area contributed by atoms with E-state index in [2.05, 4.69) is 31.3 Å². The van der Waals surface area contributed by atoms with Gasteiger partial charge in [-0.3, -0.25) is 4.79 Å². The predicted molar refractivity (Wildman–Crippen MR) is 227 cm³/mol. The van der Waals surface area contributed by atoms with Crippen molar-refractivity contribution in [3.05, 3.63) is 12.2 Å². The zero-order valence-electron chi connectivity index (χ0n) is 35.2. The molecule has 0 bridgehead atoms. The maximum absolute atomic E-state index is 12.4. The predicted octanol–water partition coefficient (Wildman–Crippen LogP) is 13.6. The molecule has 0 saturated heterocycles. The molecule has 0 aromatic heterocycles. The first-order chi connectivity index (χ1) is 25.6. The van der Waals surface area contributed by atoms with Gasteiger partial charge in [-0.05, 0) is 38.5 Å². The standard InChI is InChI=1S/C47H93NO4/c1-3-5-7-9-11-13-15-17-18-19-20-21-22-23-24-25-26-27-28-30-32-34-36-38-40-42-46(51)48-44(43-49)47(52)45(50)41-39-37-35-33-31-29-16-14-12-10-8-6-4-2/h33,35,44-45,47,49-50,52H,3-32,34,36-43H2,1-2H3,(H,48,51)/b35-33+. The number of aliphatic hydroxyl groups excluding tert-OH is 3. The molecule has 0 aliphatic heterocycles. The number of carbonyl (C=O) groups excluding carboxylic acids is 1. The van der Waals surface area contributed by atoms with Gasteiger partial charge in [0.05, 0.1) is 18.8 Å². The largest absolute Gasteiger partial charge is 0.394 e. The summed E-state index contributed by atoms with van der Waals surface area (Å²) in [6.07, 6.45) is 50.5. The van der Waals surface area contributed by atoms with E-state index in [-0.39, 0.29) is 12.5 Å².